The highest BCUT2D eigenvalue weighted by Crippen LogP contribution is 2.23. The van der Waals surface area contributed by atoms with Gasteiger partial charge in [0.25, 0.3) is 5.91 Å². The number of aromatic nitrogens is 2. The van der Waals surface area contributed by atoms with E-state index >= 15 is 0 Å². The number of carbonyl (C=O) groups is 1. The predicted octanol–water partition coefficient (Wildman–Crippen LogP) is 2.58. The Morgan fingerprint density at radius 3 is 2.96 bits per heavy atom. The SMILES string of the molecule is Cn1c(CNC(=O)c2cccc(C3CCNC3)c2)nc2ccccc21. The summed E-state index contributed by atoms with van der Waals surface area (Å²) in [7, 11) is 1.98. The van der Waals surface area contributed by atoms with Crippen LogP contribution in [0.25, 0.3) is 11.0 Å². The molecule has 1 atom stereocenters. The van der Waals surface area contributed by atoms with Gasteiger partial charge in [0.05, 0.1) is 17.6 Å². The van der Waals surface area contributed by atoms with Crippen molar-refractivity contribution in [3.05, 3.63) is 65.5 Å². The van der Waals surface area contributed by atoms with E-state index in [0.29, 0.717) is 18.0 Å². The molecule has 0 saturated carbocycles. The molecular weight excluding hydrogens is 312 g/mol. The summed E-state index contributed by atoms with van der Waals surface area (Å²) in [6.07, 6.45) is 1.13. The van der Waals surface area contributed by atoms with Crippen molar-refractivity contribution in [2.75, 3.05) is 13.1 Å². The predicted molar refractivity (Wildman–Crippen MR) is 98.6 cm³/mol. The zero-order valence-electron chi connectivity index (χ0n) is 14.3. The molecule has 5 heteroatoms. The highest BCUT2D eigenvalue weighted by molar-refractivity contribution is 5.94. The number of hydrogen-bond acceptors (Lipinski definition) is 3. The van der Waals surface area contributed by atoms with E-state index in [1.807, 2.05) is 54.1 Å². The van der Waals surface area contributed by atoms with Crippen LogP contribution in [0.4, 0.5) is 0 Å². The molecule has 0 spiro atoms. The first-order valence-corrected chi connectivity index (χ1v) is 8.71. The fourth-order valence-electron chi connectivity index (χ4n) is 3.49. The normalized spacial score (nSPS) is 17.1. The molecule has 0 aliphatic carbocycles. The first-order valence-electron chi connectivity index (χ1n) is 8.71. The number of hydrogen-bond donors (Lipinski definition) is 2. The Kier molecular flexibility index (Phi) is 4.24. The van der Waals surface area contributed by atoms with Gasteiger partial charge in [0.15, 0.2) is 0 Å². The Bertz CT molecular complexity index is 909. The average molecular weight is 334 g/mol. The molecule has 1 aliphatic heterocycles. The van der Waals surface area contributed by atoms with Crippen LogP contribution in [-0.2, 0) is 13.6 Å². The van der Waals surface area contributed by atoms with Crippen LogP contribution in [0.3, 0.4) is 0 Å². The van der Waals surface area contributed by atoms with Gasteiger partial charge in [-0.05, 0) is 48.7 Å². The lowest BCUT2D eigenvalue weighted by Gasteiger charge is -2.11. The minimum absolute atomic E-state index is 0.0557. The lowest BCUT2D eigenvalue weighted by atomic mass is 9.96. The van der Waals surface area contributed by atoms with Crippen molar-refractivity contribution in [3.8, 4) is 0 Å². The van der Waals surface area contributed by atoms with Crippen molar-refractivity contribution in [2.24, 2.45) is 7.05 Å². The summed E-state index contributed by atoms with van der Waals surface area (Å²) in [5, 5.41) is 6.37. The summed E-state index contributed by atoms with van der Waals surface area (Å²) < 4.78 is 2.02. The fraction of sp³-hybridized carbons (Fsp3) is 0.300. The first kappa shape index (κ1) is 15.8. The van der Waals surface area contributed by atoms with Crippen LogP contribution >= 0.6 is 0 Å². The van der Waals surface area contributed by atoms with Crippen molar-refractivity contribution in [2.45, 2.75) is 18.9 Å². The number of benzene rings is 2. The molecule has 128 valence electrons. The maximum absolute atomic E-state index is 12.5. The molecule has 1 saturated heterocycles. The van der Waals surface area contributed by atoms with Gasteiger partial charge in [-0.1, -0.05) is 24.3 Å². The molecular formula is C20H22N4O. The number of nitrogens with one attached hydrogen (secondary N) is 2. The van der Waals surface area contributed by atoms with Gasteiger partial charge in [-0.25, -0.2) is 4.98 Å². The van der Waals surface area contributed by atoms with Gasteiger partial charge in [0.1, 0.15) is 5.82 Å². The molecule has 2 aromatic carbocycles. The summed E-state index contributed by atoms with van der Waals surface area (Å²) in [6.45, 7) is 2.46. The highest BCUT2D eigenvalue weighted by atomic mass is 16.1. The van der Waals surface area contributed by atoms with E-state index in [4.69, 9.17) is 0 Å². The number of aryl methyl sites for hydroxylation is 1. The molecule has 1 amide bonds. The van der Waals surface area contributed by atoms with E-state index < -0.39 is 0 Å². The van der Waals surface area contributed by atoms with E-state index in [-0.39, 0.29) is 5.91 Å². The molecule has 5 nitrogen and oxygen atoms in total. The number of fused-ring (bicyclic) bond motifs is 1. The second kappa shape index (κ2) is 6.69. The number of rotatable bonds is 4. The smallest absolute Gasteiger partial charge is 0.251 e. The third-order valence-electron chi connectivity index (χ3n) is 4.97. The van der Waals surface area contributed by atoms with Gasteiger partial charge in [-0.3, -0.25) is 4.79 Å². The highest BCUT2D eigenvalue weighted by Gasteiger charge is 2.18. The number of carbonyl (C=O) groups excluding carboxylic acids is 1. The van der Waals surface area contributed by atoms with Crippen LogP contribution in [-0.4, -0.2) is 28.5 Å². The molecule has 25 heavy (non-hydrogen) atoms. The zero-order chi connectivity index (χ0) is 17.2. The third-order valence-corrected chi connectivity index (χ3v) is 4.97. The maximum Gasteiger partial charge on any atom is 0.251 e. The Morgan fingerprint density at radius 1 is 1.28 bits per heavy atom. The average Bonchev–Trinajstić information content (AvgIpc) is 3.29. The van der Waals surface area contributed by atoms with Crippen LogP contribution in [0.15, 0.2) is 48.5 Å². The number of amides is 1. The van der Waals surface area contributed by atoms with Crippen LogP contribution in [0.5, 0.6) is 0 Å². The lowest BCUT2D eigenvalue weighted by molar-refractivity contribution is 0.0949. The largest absolute Gasteiger partial charge is 0.345 e. The standard InChI is InChI=1S/C20H22N4O/c1-24-18-8-3-2-7-17(18)23-19(24)13-22-20(25)15-6-4-5-14(11-15)16-9-10-21-12-16/h2-8,11,16,21H,9-10,12-13H2,1H3,(H,22,25). The van der Waals surface area contributed by atoms with Crippen molar-refractivity contribution >= 4 is 16.9 Å². The summed E-state index contributed by atoms with van der Waals surface area (Å²) in [5.74, 6) is 1.30. The molecule has 0 radical (unpaired) electrons. The monoisotopic (exact) mass is 334 g/mol. The number of nitrogens with zero attached hydrogens (tertiary/aromatic N) is 2. The second-order valence-electron chi connectivity index (χ2n) is 6.57. The summed E-state index contributed by atoms with van der Waals surface area (Å²) in [5.41, 5.74) is 3.97. The number of para-hydroxylation sites is 2. The second-order valence-corrected chi connectivity index (χ2v) is 6.57. The molecule has 0 bridgehead atoms. The van der Waals surface area contributed by atoms with Crippen molar-refractivity contribution < 1.29 is 4.79 Å². The molecule has 2 heterocycles. The maximum atomic E-state index is 12.5. The van der Waals surface area contributed by atoms with Crippen LogP contribution < -0.4 is 10.6 Å². The van der Waals surface area contributed by atoms with Crippen LogP contribution in [0.2, 0.25) is 0 Å². The van der Waals surface area contributed by atoms with Crippen LogP contribution in [0.1, 0.15) is 34.1 Å². The fourth-order valence-corrected chi connectivity index (χ4v) is 3.49. The molecule has 1 fully saturated rings. The van der Waals surface area contributed by atoms with E-state index in [2.05, 4.69) is 21.7 Å². The third kappa shape index (κ3) is 3.15. The van der Waals surface area contributed by atoms with Gasteiger partial charge in [-0.15, -0.1) is 0 Å². The van der Waals surface area contributed by atoms with E-state index in [1.165, 1.54) is 5.56 Å². The molecule has 2 N–H and O–H groups in total. The molecule has 4 rings (SSSR count). The van der Waals surface area contributed by atoms with Gasteiger partial charge in [0, 0.05) is 19.2 Å². The summed E-state index contributed by atoms with van der Waals surface area (Å²) >= 11 is 0. The van der Waals surface area contributed by atoms with Gasteiger partial charge >= 0.3 is 0 Å². The number of imidazole rings is 1. The van der Waals surface area contributed by atoms with Crippen molar-refractivity contribution in [1.82, 2.24) is 20.2 Å². The van der Waals surface area contributed by atoms with Crippen LogP contribution in [0, 0.1) is 0 Å². The zero-order valence-corrected chi connectivity index (χ0v) is 14.3. The van der Waals surface area contributed by atoms with Gasteiger partial charge in [0.2, 0.25) is 0 Å². The Labute approximate surface area is 147 Å². The van der Waals surface area contributed by atoms with Gasteiger partial charge < -0.3 is 15.2 Å². The van der Waals surface area contributed by atoms with E-state index in [0.717, 1.165) is 36.4 Å². The van der Waals surface area contributed by atoms with E-state index in [9.17, 15) is 4.79 Å². The molecule has 1 aliphatic rings. The topological polar surface area (TPSA) is 59.0 Å². The molecule has 3 aromatic rings. The van der Waals surface area contributed by atoms with E-state index in [1.54, 1.807) is 0 Å². The minimum atomic E-state index is -0.0557. The minimum Gasteiger partial charge on any atom is -0.345 e. The van der Waals surface area contributed by atoms with Crippen molar-refractivity contribution in [1.29, 1.82) is 0 Å². The molecule has 1 unspecified atom stereocenters. The quantitative estimate of drug-likeness (QED) is 0.771. The Balaban J connectivity index is 1.48. The molecule has 1 aromatic heterocycles. The van der Waals surface area contributed by atoms with Gasteiger partial charge in [-0.2, -0.15) is 0 Å². The Morgan fingerprint density at radius 2 is 2.16 bits per heavy atom. The first-order chi connectivity index (χ1) is 12.2. The summed E-state index contributed by atoms with van der Waals surface area (Å²) in [4.78, 5) is 17.1. The summed E-state index contributed by atoms with van der Waals surface area (Å²) in [6, 6.07) is 16.0. The van der Waals surface area contributed by atoms with Crippen molar-refractivity contribution in [3.63, 3.8) is 0 Å². The lowest BCUT2D eigenvalue weighted by Crippen LogP contribution is -2.24. The Hall–Kier alpha value is -2.66.